The topological polar surface area (TPSA) is 111 Å². The van der Waals surface area contributed by atoms with Crippen LogP contribution in [-0.4, -0.2) is 24.7 Å². The first-order chi connectivity index (χ1) is 14.9. The molecule has 31 heavy (non-hydrogen) atoms. The zero-order chi connectivity index (χ0) is 22.0. The summed E-state index contributed by atoms with van der Waals surface area (Å²) < 4.78 is 15.6. The van der Waals surface area contributed by atoms with Crippen LogP contribution in [0.25, 0.3) is 11.1 Å². The average molecular weight is 440 g/mol. The van der Waals surface area contributed by atoms with Crippen molar-refractivity contribution in [2.45, 2.75) is 0 Å². The van der Waals surface area contributed by atoms with E-state index in [2.05, 4.69) is 25.7 Å². The molecule has 2 N–H and O–H groups in total. The number of hydrogen-bond donors (Lipinski definition) is 2. The van der Waals surface area contributed by atoms with Crippen LogP contribution in [0.2, 0.25) is 5.02 Å². The van der Waals surface area contributed by atoms with E-state index in [4.69, 9.17) is 11.6 Å². The third-order valence-electron chi connectivity index (χ3n) is 4.24. The molecule has 2 aromatic heterocycles. The highest BCUT2D eigenvalue weighted by molar-refractivity contribution is 6.30. The number of non-ortho nitro benzene ring substituents is 1. The number of nitrogens with one attached hydrogen (secondary N) is 2. The molecular formula is C20H15ClFN7O2. The predicted octanol–water partition coefficient (Wildman–Crippen LogP) is 5.07. The number of nitrogens with zero attached hydrogens (tertiary/aromatic N) is 5. The third kappa shape index (κ3) is 4.75. The van der Waals surface area contributed by atoms with Crippen molar-refractivity contribution in [3.63, 3.8) is 0 Å². The van der Waals surface area contributed by atoms with Gasteiger partial charge in [0.05, 0.1) is 16.8 Å². The van der Waals surface area contributed by atoms with Crippen LogP contribution < -0.4 is 10.6 Å². The van der Waals surface area contributed by atoms with E-state index in [1.54, 1.807) is 42.3 Å². The van der Waals surface area contributed by atoms with E-state index < -0.39 is 10.7 Å². The molecule has 0 aliphatic rings. The Hall–Kier alpha value is -4.05. The summed E-state index contributed by atoms with van der Waals surface area (Å²) in [6.07, 6.45) is 4.87. The number of aryl methyl sites for hydroxylation is 1. The number of anilines is 4. The van der Waals surface area contributed by atoms with Crippen LogP contribution in [0.4, 0.5) is 33.2 Å². The van der Waals surface area contributed by atoms with Gasteiger partial charge >= 0.3 is 0 Å². The number of rotatable bonds is 6. The van der Waals surface area contributed by atoms with E-state index in [0.29, 0.717) is 28.3 Å². The molecule has 2 aromatic carbocycles. The van der Waals surface area contributed by atoms with Crippen molar-refractivity contribution in [2.75, 3.05) is 10.6 Å². The first-order valence-electron chi connectivity index (χ1n) is 8.98. The molecule has 0 atom stereocenters. The molecule has 0 radical (unpaired) electrons. The van der Waals surface area contributed by atoms with Crippen LogP contribution in [-0.2, 0) is 7.05 Å². The Labute approximate surface area is 180 Å². The highest BCUT2D eigenvalue weighted by Gasteiger charge is 2.14. The Balaban J connectivity index is 1.76. The summed E-state index contributed by atoms with van der Waals surface area (Å²) in [4.78, 5) is 19.4. The highest BCUT2D eigenvalue weighted by atomic mass is 35.5. The van der Waals surface area contributed by atoms with Crippen molar-refractivity contribution >= 4 is 40.4 Å². The normalized spacial score (nSPS) is 10.7. The van der Waals surface area contributed by atoms with E-state index in [-0.39, 0.29) is 16.7 Å². The van der Waals surface area contributed by atoms with E-state index in [1.165, 1.54) is 30.5 Å². The maximum atomic E-state index is 13.9. The molecule has 0 amide bonds. The molecule has 0 aliphatic carbocycles. The van der Waals surface area contributed by atoms with Crippen LogP contribution in [0.15, 0.2) is 61.1 Å². The van der Waals surface area contributed by atoms with Crippen LogP contribution in [0.5, 0.6) is 0 Å². The van der Waals surface area contributed by atoms with Crippen molar-refractivity contribution in [3.05, 3.63) is 82.0 Å². The van der Waals surface area contributed by atoms with Gasteiger partial charge in [0, 0.05) is 47.8 Å². The van der Waals surface area contributed by atoms with Crippen molar-refractivity contribution in [2.24, 2.45) is 7.05 Å². The van der Waals surface area contributed by atoms with E-state index in [1.807, 2.05) is 0 Å². The van der Waals surface area contributed by atoms with E-state index >= 15 is 0 Å². The van der Waals surface area contributed by atoms with Crippen molar-refractivity contribution in [1.82, 2.24) is 19.7 Å². The molecular weight excluding hydrogens is 425 g/mol. The SMILES string of the molecule is Cn1cc(Nc2ncc(-c3cc(F)cc(Cl)c3)c(Nc3cccc([N+](=O)[O-])c3)n2)cn1. The highest BCUT2D eigenvalue weighted by Crippen LogP contribution is 2.32. The average Bonchev–Trinajstić information content (AvgIpc) is 3.12. The molecule has 11 heteroatoms. The van der Waals surface area contributed by atoms with Gasteiger partial charge in [-0.15, -0.1) is 0 Å². The fraction of sp³-hybridized carbons (Fsp3) is 0.0500. The van der Waals surface area contributed by atoms with Crippen LogP contribution >= 0.6 is 11.6 Å². The fourth-order valence-electron chi connectivity index (χ4n) is 2.91. The Morgan fingerprint density at radius 1 is 1.13 bits per heavy atom. The van der Waals surface area contributed by atoms with Crippen LogP contribution in [0.1, 0.15) is 0 Å². The summed E-state index contributed by atoms with van der Waals surface area (Å²) in [6, 6.07) is 10.0. The summed E-state index contributed by atoms with van der Waals surface area (Å²) in [5, 5.41) is 21.5. The number of hydrogen-bond acceptors (Lipinski definition) is 7. The van der Waals surface area contributed by atoms with Crippen molar-refractivity contribution in [1.29, 1.82) is 0 Å². The van der Waals surface area contributed by atoms with Gasteiger partial charge in [-0.05, 0) is 29.8 Å². The fourth-order valence-corrected chi connectivity index (χ4v) is 3.13. The molecule has 9 nitrogen and oxygen atoms in total. The lowest BCUT2D eigenvalue weighted by Crippen LogP contribution is -2.03. The van der Waals surface area contributed by atoms with Crippen molar-refractivity contribution < 1.29 is 9.31 Å². The lowest BCUT2D eigenvalue weighted by Gasteiger charge is -2.13. The minimum atomic E-state index is -0.513. The largest absolute Gasteiger partial charge is 0.339 e. The second-order valence-electron chi connectivity index (χ2n) is 6.57. The molecule has 2 heterocycles. The zero-order valence-corrected chi connectivity index (χ0v) is 16.8. The Morgan fingerprint density at radius 2 is 1.97 bits per heavy atom. The smallest absolute Gasteiger partial charge is 0.271 e. The molecule has 0 saturated carbocycles. The van der Waals surface area contributed by atoms with Gasteiger partial charge in [0.2, 0.25) is 5.95 Å². The van der Waals surface area contributed by atoms with Gasteiger partial charge in [-0.25, -0.2) is 9.37 Å². The predicted molar refractivity (Wildman–Crippen MR) is 115 cm³/mol. The number of halogens is 2. The summed E-state index contributed by atoms with van der Waals surface area (Å²) in [7, 11) is 1.78. The van der Waals surface area contributed by atoms with Gasteiger partial charge in [0.25, 0.3) is 5.69 Å². The Morgan fingerprint density at radius 3 is 2.68 bits per heavy atom. The van der Waals surface area contributed by atoms with Gasteiger partial charge in [-0.2, -0.15) is 10.1 Å². The molecule has 0 bridgehead atoms. The van der Waals surface area contributed by atoms with Crippen LogP contribution in [0.3, 0.4) is 0 Å². The molecule has 0 fully saturated rings. The first kappa shape index (κ1) is 20.2. The van der Waals surface area contributed by atoms with Gasteiger partial charge in [-0.3, -0.25) is 14.8 Å². The first-order valence-corrected chi connectivity index (χ1v) is 9.36. The molecule has 0 aliphatic heterocycles. The quantitative estimate of drug-likeness (QED) is 0.319. The Bertz CT molecular complexity index is 1260. The van der Waals surface area contributed by atoms with E-state index in [0.717, 1.165) is 0 Å². The number of aromatic nitrogens is 4. The minimum absolute atomic E-state index is 0.0804. The summed E-state index contributed by atoms with van der Waals surface area (Å²) in [5.74, 6) is 0.0529. The van der Waals surface area contributed by atoms with Crippen molar-refractivity contribution in [3.8, 4) is 11.1 Å². The lowest BCUT2D eigenvalue weighted by atomic mass is 10.1. The molecule has 0 saturated heterocycles. The zero-order valence-electron chi connectivity index (χ0n) is 16.1. The monoisotopic (exact) mass is 439 g/mol. The molecule has 4 aromatic rings. The van der Waals surface area contributed by atoms with Gasteiger partial charge in [0.1, 0.15) is 11.6 Å². The summed E-state index contributed by atoms with van der Waals surface area (Å²) in [6.45, 7) is 0. The van der Waals surface area contributed by atoms with E-state index in [9.17, 15) is 14.5 Å². The third-order valence-corrected chi connectivity index (χ3v) is 4.46. The maximum absolute atomic E-state index is 13.9. The summed E-state index contributed by atoms with van der Waals surface area (Å²) >= 11 is 6.01. The Kier molecular flexibility index (Phi) is 5.46. The molecule has 4 rings (SSSR count). The second-order valence-corrected chi connectivity index (χ2v) is 7.01. The van der Waals surface area contributed by atoms with Gasteiger partial charge < -0.3 is 10.6 Å². The molecule has 0 spiro atoms. The number of nitro groups is 1. The lowest BCUT2D eigenvalue weighted by molar-refractivity contribution is -0.384. The number of benzene rings is 2. The molecule has 0 unspecified atom stereocenters. The standard InChI is InChI=1S/C20H15ClFN7O2/c1-28-11-16(9-24-28)26-20-23-10-18(12-5-13(21)7-14(22)6-12)19(27-20)25-15-3-2-4-17(8-15)29(30)31/h2-11H,1H3,(H2,23,25,26,27). The van der Waals surface area contributed by atoms with Gasteiger partial charge in [0.15, 0.2) is 0 Å². The maximum Gasteiger partial charge on any atom is 0.271 e. The second kappa shape index (κ2) is 8.36. The molecule has 156 valence electrons. The van der Waals surface area contributed by atoms with Crippen LogP contribution in [0, 0.1) is 15.9 Å². The summed E-state index contributed by atoms with van der Waals surface area (Å²) in [5.41, 5.74) is 1.94. The minimum Gasteiger partial charge on any atom is -0.339 e. The van der Waals surface area contributed by atoms with Gasteiger partial charge in [-0.1, -0.05) is 17.7 Å². The number of nitro benzene ring substituents is 1.